The van der Waals surface area contributed by atoms with E-state index in [-0.39, 0.29) is 17.5 Å². The lowest BCUT2D eigenvalue weighted by Crippen LogP contribution is -2.27. The molecular formula is C14H16BrN3O2S. The van der Waals surface area contributed by atoms with Crippen molar-refractivity contribution < 1.29 is 8.42 Å². The maximum Gasteiger partial charge on any atom is 0.242 e. The summed E-state index contributed by atoms with van der Waals surface area (Å²) in [6.45, 7) is 2.06. The highest BCUT2D eigenvalue weighted by Gasteiger charge is 2.21. The molecule has 0 fully saturated rings. The van der Waals surface area contributed by atoms with Crippen LogP contribution in [0.2, 0.25) is 0 Å². The van der Waals surface area contributed by atoms with Gasteiger partial charge in [-0.25, -0.2) is 13.1 Å². The molecule has 0 aliphatic carbocycles. The van der Waals surface area contributed by atoms with Crippen molar-refractivity contribution in [2.24, 2.45) is 5.73 Å². The van der Waals surface area contributed by atoms with Gasteiger partial charge in [0.2, 0.25) is 10.0 Å². The Morgan fingerprint density at radius 2 is 2.14 bits per heavy atom. The van der Waals surface area contributed by atoms with Crippen molar-refractivity contribution in [1.29, 1.82) is 0 Å². The molecule has 1 aromatic heterocycles. The van der Waals surface area contributed by atoms with E-state index in [2.05, 4.69) is 25.6 Å². The van der Waals surface area contributed by atoms with E-state index in [1.807, 2.05) is 6.07 Å². The summed E-state index contributed by atoms with van der Waals surface area (Å²) in [6, 6.07) is 8.26. The van der Waals surface area contributed by atoms with Crippen LogP contribution < -0.4 is 10.5 Å². The molecule has 7 heteroatoms. The molecule has 3 N–H and O–H groups in total. The quantitative estimate of drug-likeness (QED) is 0.846. The molecule has 0 saturated carbocycles. The van der Waals surface area contributed by atoms with E-state index in [9.17, 15) is 8.42 Å². The third kappa shape index (κ3) is 3.88. The number of sulfonamides is 1. The van der Waals surface area contributed by atoms with E-state index in [0.29, 0.717) is 4.47 Å². The largest absolute Gasteiger partial charge is 0.326 e. The van der Waals surface area contributed by atoms with Crippen molar-refractivity contribution in [3.8, 4) is 0 Å². The summed E-state index contributed by atoms with van der Waals surface area (Å²) in [4.78, 5) is 4.17. The number of nitrogens with zero attached hydrogens (tertiary/aromatic N) is 1. The molecule has 21 heavy (non-hydrogen) atoms. The third-order valence-electron chi connectivity index (χ3n) is 3.04. The van der Waals surface area contributed by atoms with Crippen molar-refractivity contribution in [3.63, 3.8) is 0 Å². The predicted octanol–water partition coefficient (Wildman–Crippen LogP) is 2.34. The Kier molecular flexibility index (Phi) is 5.10. The SMILES string of the molecule is CC(NS(=O)(=O)c1cc(CN)ccc1Br)c1cccnc1. The van der Waals surface area contributed by atoms with Crippen LogP contribution in [0.15, 0.2) is 52.1 Å². The lowest BCUT2D eigenvalue weighted by atomic mass is 10.2. The van der Waals surface area contributed by atoms with Gasteiger partial charge in [-0.1, -0.05) is 12.1 Å². The summed E-state index contributed by atoms with van der Waals surface area (Å²) in [7, 11) is -3.65. The summed E-state index contributed by atoms with van der Waals surface area (Å²) >= 11 is 3.27. The Morgan fingerprint density at radius 1 is 1.38 bits per heavy atom. The second-order valence-corrected chi connectivity index (χ2v) is 7.13. The first-order valence-electron chi connectivity index (χ1n) is 6.35. The summed E-state index contributed by atoms with van der Waals surface area (Å²) in [5, 5.41) is 0. The van der Waals surface area contributed by atoms with Gasteiger partial charge < -0.3 is 5.73 Å². The highest BCUT2D eigenvalue weighted by molar-refractivity contribution is 9.10. The maximum absolute atomic E-state index is 12.5. The normalized spacial score (nSPS) is 13.1. The van der Waals surface area contributed by atoms with E-state index in [4.69, 9.17) is 5.73 Å². The Bertz CT molecular complexity index is 720. The van der Waals surface area contributed by atoms with Gasteiger partial charge in [0.1, 0.15) is 0 Å². The van der Waals surface area contributed by atoms with Gasteiger partial charge in [-0.2, -0.15) is 0 Å². The molecule has 0 aliphatic heterocycles. The summed E-state index contributed by atoms with van der Waals surface area (Å²) in [5.41, 5.74) is 7.12. The number of nitrogens with two attached hydrogens (primary N) is 1. The first-order chi connectivity index (χ1) is 9.94. The summed E-state index contributed by atoms with van der Waals surface area (Å²) < 4.78 is 28.2. The molecule has 0 aliphatic rings. The van der Waals surface area contributed by atoms with E-state index in [1.54, 1.807) is 43.6 Å². The summed E-state index contributed by atoms with van der Waals surface area (Å²) in [5.74, 6) is 0. The molecule has 1 atom stereocenters. The third-order valence-corrected chi connectivity index (χ3v) is 5.57. The first-order valence-corrected chi connectivity index (χ1v) is 8.62. The highest BCUT2D eigenvalue weighted by Crippen LogP contribution is 2.25. The summed E-state index contributed by atoms with van der Waals surface area (Å²) in [6.07, 6.45) is 3.28. The fourth-order valence-corrected chi connectivity index (χ4v) is 4.12. The van der Waals surface area contributed by atoms with Crippen molar-refractivity contribution in [2.45, 2.75) is 24.4 Å². The molecule has 0 bridgehead atoms. The lowest BCUT2D eigenvalue weighted by molar-refractivity contribution is 0.566. The van der Waals surface area contributed by atoms with Gasteiger partial charge in [0, 0.05) is 29.5 Å². The second kappa shape index (κ2) is 6.65. The Hall–Kier alpha value is -1.28. The molecule has 0 saturated heterocycles. The van der Waals surface area contributed by atoms with Crippen LogP contribution in [0, 0.1) is 0 Å². The monoisotopic (exact) mass is 369 g/mol. The van der Waals surface area contributed by atoms with Gasteiger partial charge in [0.25, 0.3) is 0 Å². The van der Waals surface area contributed by atoms with Gasteiger partial charge >= 0.3 is 0 Å². The molecule has 1 aromatic carbocycles. The molecule has 0 spiro atoms. The van der Waals surface area contributed by atoms with Crippen LogP contribution in [0.3, 0.4) is 0 Å². The average Bonchev–Trinajstić information content (AvgIpc) is 2.48. The standard InChI is InChI=1S/C14H16BrN3O2S/c1-10(12-3-2-6-17-9-12)18-21(19,20)14-7-11(8-16)4-5-13(14)15/h2-7,9-10,18H,8,16H2,1H3. The van der Waals surface area contributed by atoms with Crippen LogP contribution in [-0.2, 0) is 16.6 Å². The van der Waals surface area contributed by atoms with Gasteiger partial charge in [0.15, 0.2) is 0 Å². The van der Waals surface area contributed by atoms with Gasteiger partial charge in [-0.05, 0) is 52.2 Å². The number of rotatable bonds is 5. The Morgan fingerprint density at radius 3 is 2.76 bits per heavy atom. The topological polar surface area (TPSA) is 85.1 Å². The van der Waals surface area contributed by atoms with Crippen LogP contribution in [0.1, 0.15) is 24.1 Å². The number of halogens is 1. The number of hydrogen-bond donors (Lipinski definition) is 2. The van der Waals surface area contributed by atoms with Crippen LogP contribution in [-0.4, -0.2) is 13.4 Å². The Labute approximate surface area is 132 Å². The number of nitrogens with one attached hydrogen (secondary N) is 1. The average molecular weight is 370 g/mol. The van der Waals surface area contributed by atoms with Crippen LogP contribution in [0.5, 0.6) is 0 Å². The lowest BCUT2D eigenvalue weighted by Gasteiger charge is -2.15. The van der Waals surface area contributed by atoms with Crippen molar-refractivity contribution in [1.82, 2.24) is 9.71 Å². The van der Waals surface area contributed by atoms with Crippen LogP contribution >= 0.6 is 15.9 Å². The minimum atomic E-state index is -3.65. The molecule has 0 amide bonds. The van der Waals surface area contributed by atoms with Gasteiger partial charge in [-0.3, -0.25) is 4.98 Å². The second-order valence-electron chi connectivity index (χ2n) is 4.60. The number of hydrogen-bond acceptors (Lipinski definition) is 4. The molecule has 2 aromatic rings. The van der Waals surface area contributed by atoms with Crippen molar-refractivity contribution in [2.75, 3.05) is 0 Å². The smallest absolute Gasteiger partial charge is 0.242 e. The van der Waals surface area contributed by atoms with E-state index < -0.39 is 10.0 Å². The van der Waals surface area contributed by atoms with Gasteiger partial charge in [-0.15, -0.1) is 0 Å². The van der Waals surface area contributed by atoms with Gasteiger partial charge in [0.05, 0.1) is 4.90 Å². The molecular weight excluding hydrogens is 354 g/mol. The zero-order valence-corrected chi connectivity index (χ0v) is 13.9. The highest BCUT2D eigenvalue weighted by atomic mass is 79.9. The van der Waals surface area contributed by atoms with E-state index >= 15 is 0 Å². The zero-order valence-electron chi connectivity index (χ0n) is 11.5. The van der Waals surface area contributed by atoms with E-state index in [1.165, 1.54) is 0 Å². The number of pyridine rings is 1. The Balaban J connectivity index is 2.30. The van der Waals surface area contributed by atoms with E-state index in [0.717, 1.165) is 11.1 Å². The molecule has 2 rings (SSSR count). The number of benzene rings is 1. The molecule has 0 radical (unpaired) electrons. The van der Waals surface area contributed by atoms with Crippen molar-refractivity contribution >= 4 is 26.0 Å². The van der Waals surface area contributed by atoms with Crippen LogP contribution in [0.4, 0.5) is 0 Å². The number of aromatic nitrogens is 1. The van der Waals surface area contributed by atoms with Crippen LogP contribution in [0.25, 0.3) is 0 Å². The minimum Gasteiger partial charge on any atom is -0.326 e. The fourth-order valence-electron chi connectivity index (χ4n) is 1.88. The zero-order chi connectivity index (χ0) is 15.5. The fraction of sp³-hybridized carbons (Fsp3) is 0.214. The van der Waals surface area contributed by atoms with Crippen molar-refractivity contribution in [3.05, 3.63) is 58.3 Å². The minimum absolute atomic E-state index is 0.182. The predicted molar refractivity (Wildman–Crippen MR) is 85.0 cm³/mol. The molecule has 5 nitrogen and oxygen atoms in total. The first kappa shape index (κ1) is 16.1. The molecule has 112 valence electrons. The molecule has 1 unspecified atom stereocenters. The maximum atomic E-state index is 12.5. The molecule has 1 heterocycles.